The van der Waals surface area contributed by atoms with Gasteiger partial charge in [-0.25, -0.2) is 0 Å². The van der Waals surface area contributed by atoms with E-state index in [0.717, 1.165) is 40.6 Å². The highest BCUT2D eigenvalue weighted by atomic mass is 16.5. The fourth-order valence-corrected chi connectivity index (χ4v) is 3.44. The number of aromatic amines is 1. The van der Waals surface area contributed by atoms with Crippen LogP contribution < -0.4 is 4.74 Å². The van der Waals surface area contributed by atoms with E-state index in [1.54, 1.807) is 12.0 Å². The van der Waals surface area contributed by atoms with E-state index >= 15 is 0 Å². The van der Waals surface area contributed by atoms with Crippen LogP contribution >= 0.6 is 0 Å². The van der Waals surface area contributed by atoms with Crippen LogP contribution in [0.15, 0.2) is 54.7 Å². The number of benzene rings is 2. The summed E-state index contributed by atoms with van der Waals surface area (Å²) in [5, 5.41) is 0.995. The highest BCUT2D eigenvalue weighted by Crippen LogP contribution is 2.29. The van der Waals surface area contributed by atoms with Crippen LogP contribution in [-0.4, -0.2) is 41.5 Å². The fraction of sp³-hybridized carbons (Fsp3) is 0.304. The lowest BCUT2D eigenvalue weighted by Gasteiger charge is -2.22. The van der Waals surface area contributed by atoms with Gasteiger partial charge in [-0.05, 0) is 42.2 Å². The number of carbonyl (C=O) groups excluding carboxylic acids is 2. The number of esters is 1. The molecular formula is C23H24N2O4. The van der Waals surface area contributed by atoms with E-state index in [1.807, 2.05) is 54.7 Å². The summed E-state index contributed by atoms with van der Waals surface area (Å²) < 4.78 is 10.5. The summed E-state index contributed by atoms with van der Waals surface area (Å²) in [4.78, 5) is 29.9. The molecule has 1 aliphatic carbocycles. The Morgan fingerprint density at radius 2 is 1.86 bits per heavy atom. The Kier molecular flexibility index (Phi) is 5.51. The van der Waals surface area contributed by atoms with Crippen LogP contribution in [0.4, 0.5) is 0 Å². The monoisotopic (exact) mass is 392 g/mol. The van der Waals surface area contributed by atoms with E-state index in [2.05, 4.69) is 4.98 Å². The van der Waals surface area contributed by atoms with E-state index < -0.39 is 5.97 Å². The van der Waals surface area contributed by atoms with Gasteiger partial charge in [-0.2, -0.15) is 0 Å². The average Bonchev–Trinajstić information content (AvgIpc) is 3.52. The zero-order valence-corrected chi connectivity index (χ0v) is 16.4. The van der Waals surface area contributed by atoms with Crippen molar-refractivity contribution in [2.45, 2.75) is 31.8 Å². The molecule has 0 spiro atoms. The summed E-state index contributed by atoms with van der Waals surface area (Å²) in [6.07, 6.45) is 3.93. The second-order valence-electron chi connectivity index (χ2n) is 7.30. The Balaban J connectivity index is 1.33. The number of fused-ring (bicyclic) bond motifs is 1. The quantitative estimate of drug-likeness (QED) is 0.596. The lowest BCUT2D eigenvalue weighted by molar-refractivity contribution is -0.152. The van der Waals surface area contributed by atoms with Gasteiger partial charge in [0.2, 0.25) is 0 Å². The molecule has 0 saturated heterocycles. The van der Waals surface area contributed by atoms with E-state index in [0.29, 0.717) is 6.54 Å². The number of H-pyrrole nitrogens is 1. The molecule has 3 aromatic rings. The zero-order chi connectivity index (χ0) is 20.2. The molecule has 6 heteroatoms. The number of nitrogens with zero attached hydrogens (tertiary/aromatic N) is 1. The van der Waals surface area contributed by atoms with Gasteiger partial charge in [-0.1, -0.05) is 30.3 Å². The molecular weight excluding hydrogens is 368 g/mol. The Hall–Kier alpha value is -3.28. The maximum absolute atomic E-state index is 12.7. The van der Waals surface area contributed by atoms with Gasteiger partial charge in [0, 0.05) is 29.7 Å². The largest absolute Gasteiger partial charge is 0.497 e. The standard InChI is InChI=1S/C23H24N2O4/c1-28-19-10-6-16(7-11-19)14-25(18-8-9-18)22(26)15-29-23(27)12-17-13-24-21-5-3-2-4-20(17)21/h2-7,10-11,13,18,24H,8-9,12,14-15H2,1H3. The van der Waals surface area contributed by atoms with Gasteiger partial charge in [0.15, 0.2) is 6.61 Å². The third-order valence-corrected chi connectivity index (χ3v) is 5.19. The number of amides is 1. The highest BCUT2D eigenvalue weighted by molar-refractivity contribution is 5.88. The molecule has 1 aromatic heterocycles. The summed E-state index contributed by atoms with van der Waals surface area (Å²) in [5.41, 5.74) is 2.87. The molecule has 1 heterocycles. The summed E-state index contributed by atoms with van der Waals surface area (Å²) in [6.45, 7) is 0.279. The molecule has 0 radical (unpaired) electrons. The summed E-state index contributed by atoms with van der Waals surface area (Å²) in [7, 11) is 1.62. The number of nitrogens with one attached hydrogen (secondary N) is 1. The Bertz CT molecular complexity index is 1010. The molecule has 150 valence electrons. The summed E-state index contributed by atoms with van der Waals surface area (Å²) >= 11 is 0. The van der Waals surface area contributed by atoms with Crippen molar-refractivity contribution in [2.75, 3.05) is 13.7 Å². The molecule has 2 aromatic carbocycles. The number of hydrogen-bond acceptors (Lipinski definition) is 4. The van der Waals surface area contributed by atoms with Crippen LogP contribution in [0, 0.1) is 0 Å². The van der Waals surface area contributed by atoms with Crippen LogP contribution in [0.25, 0.3) is 10.9 Å². The highest BCUT2D eigenvalue weighted by Gasteiger charge is 2.33. The number of para-hydroxylation sites is 1. The molecule has 1 aliphatic rings. The van der Waals surface area contributed by atoms with Gasteiger partial charge in [-0.15, -0.1) is 0 Å². The minimum atomic E-state index is -0.400. The van der Waals surface area contributed by atoms with Crippen molar-refractivity contribution in [1.82, 2.24) is 9.88 Å². The minimum Gasteiger partial charge on any atom is -0.497 e. The lowest BCUT2D eigenvalue weighted by Crippen LogP contribution is -2.36. The number of rotatable bonds is 8. The van der Waals surface area contributed by atoms with Crippen LogP contribution in [0.1, 0.15) is 24.0 Å². The molecule has 0 bridgehead atoms. The van der Waals surface area contributed by atoms with Crippen LogP contribution in [0.2, 0.25) is 0 Å². The van der Waals surface area contributed by atoms with Crippen molar-refractivity contribution < 1.29 is 19.1 Å². The van der Waals surface area contributed by atoms with E-state index in [-0.39, 0.29) is 25.0 Å². The van der Waals surface area contributed by atoms with Crippen LogP contribution in [0.3, 0.4) is 0 Å². The topological polar surface area (TPSA) is 71.6 Å². The molecule has 0 atom stereocenters. The van der Waals surface area contributed by atoms with Crippen molar-refractivity contribution in [3.8, 4) is 5.75 Å². The van der Waals surface area contributed by atoms with Gasteiger partial charge in [-0.3, -0.25) is 9.59 Å². The maximum atomic E-state index is 12.7. The molecule has 4 rings (SSSR count). The number of hydrogen-bond donors (Lipinski definition) is 1. The fourth-order valence-electron chi connectivity index (χ4n) is 3.44. The molecule has 6 nitrogen and oxygen atoms in total. The maximum Gasteiger partial charge on any atom is 0.310 e. The predicted octanol–water partition coefficient (Wildman–Crippen LogP) is 3.45. The van der Waals surface area contributed by atoms with Crippen molar-refractivity contribution in [3.63, 3.8) is 0 Å². The molecule has 1 amide bonds. The van der Waals surface area contributed by atoms with Crippen molar-refractivity contribution in [1.29, 1.82) is 0 Å². The first-order valence-corrected chi connectivity index (χ1v) is 9.77. The van der Waals surface area contributed by atoms with E-state index in [9.17, 15) is 9.59 Å². The van der Waals surface area contributed by atoms with Gasteiger partial charge < -0.3 is 19.4 Å². The van der Waals surface area contributed by atoms with Crippen molar-refractivity contribution in [2.24, 2.45) is 0 Å². The molecule has 1 saturated carbocycles. The van der Waals surface area contributed by atoms with Gasteiger partial charge in [0.05, 0.1) is 13.5 Å². The molecule has 0 aliphatic heterocycles. The molecule has 1 fully saturated rings. The number of aromatic nitrogens is 1. The third kappa shape index (κ3) is 4.59. The van der Waals surface area contributed by atoms with Gasteiger partial charge in [0.1, 0.15) is 5.75 Å². The molecule has 0 unspecified atom stereocenters. The third-order valence-electron chi connectivity index (χ3n) is 5.19. The summed E-state index contributed by atoms with van der Waals surface area (Å²) in [6, 6.07) is 15.7. The SMILES string of the molecule is COc1ccc(CN(C(=O)COC(=O)Cc2c[nH]c3ccccc23)C2CC2)cc1. The molecule has 29 heavy (non-hydrogen) atoms. The zero-order valence-electron chi connectivity index (χ0n) is 16.4. The number of carbonyl (C=O) groups is 2. The first-order chi connectivity index (χ1) is 14.1. The number of ether oxygens (including phenoxy) is 2. The van der Waals surface area contributed by atoms with Crippen molar-refractivity contribution >= 4 is 22.8 Å². The van der Waals surface area contributed by atoms with Gasteiger partial charge >= 0.3 is 5.97 Å². The van der Waals surface area contributed by atoms with Crippen LogP contribution in [0.5, 0.6) is 5.75 Å². The lowest BCUT2D eigenvalue weighted by atomic mass is 10.1. The second-order valence-corrected chi connectivity index (χ2v) is 7.30. The Morgan fingerprint density at radius 3 is 2.59 bits per heavy atom. The summed E-state index contributed by atoms with van der Waals surface area (Å²) in [5.74, 6) is 0.225. The van der Waals surface area contributed by atoms with Crippen LogP contribution in [-0.2, 0) is 27.3 Å². The number of methoxy groups -OCH3 is 1. The first-order valence-electron chi connectivity index (χ1n) is 9.77. The smallest absolute Gasteiger partial charge is 0.310 e. The van der Waals surface area contributed by atoms with Gasteiger partial charge in [0.25, 0.3) is 5.91 Å². The average molecular weight is 392 g/mol. The second kappa shape index (κ2) is 8.39. The Labute approximate surface area is 169 Å². The van der Waals surface area contributed by atoms with E-state index in [4.69, 9.17) is 9.47 Å². The normalized spacial score (nSPS) is 13.3. The minimum absolute atomic E-state index is 0.138. The van der Waals surface area contributed by atoms with E-state index in [1.165, 1.54) is 0 Å². The predicted molar refractivity (Wildman–Crippen MR) is 110 cm³/mol. The first kappa shape index (κ1) is 19.1. The van der Waals surface area contributed by atoms with Crippen molar-refractivity contribution in [3.05, 3.63) is 65.9 Å². The Morgan fingerprint density at radius 1 is 1.10 bits per heavy atom. The molecule has 1 N–H and O–H groups in total.